The number of halogens is 1. The highest BCUT2D eigenvalue weighted by Gasteiger charge is 2.16. The maximum absolute atomic E-state index is 13.8. The second kappa shape index (κ2) is 9.30. The first-order valence-corrected chi connectivity index (χ1v) is 9.97. The molecule has 0 aliphatic heterocycles. The molecular weight excluding hydrogens is 387 g/mol. The highest BCUT2D eigenvalue weighted by molar-refractivity contribution is 7.10. The Kier molecular flexibility index (Phi) is 6.57. The van der Waals surface area contributed by atoms with Crippen molar-refractivity contribution in [3.63, 3.8) is 0 Å². The SMILES string of the molecule is Cc1ccc(C(=O)N/C(=C\c2cccs2)C(=O)NCc2ccccc2F)cc1C. The number of carbonyl (C=O) groups excluding carboxylic acids is 2. The number of nitrogens with one attached hydrogen (secondary N) is 2. The third-order valence-corrected chi connectivity index (χ3v) is 5.31. The Bertz CT molecular complexity index is 1060. The van der Waals surface area contributed by atoms with Crippen LogP contribution in [0.4, 0.5) is 4.39 Å². The molecule has 2 aromatic carbocycles. The van der Waals surface area contributed by atoms with Crippen LogP contribution in [0.15, 0.2) is 65.7 Å². The number of thiophene rings is 1. The van der Waals surface area contributed by atoms with Crippen molar-refractivity contribution in [1.29, 1.82) is 0 Å². The molecule has 2 amide bonds. The predicted octanol–water partition coefficient (Wildman–Crippen LogP) is 4.59. The maximum atomic E-state index is 13.8. The summed E-state index contributed by atoms with van der Waals surface area (Å²) in [5, 5.41) is 7.25. The molecule has 0 aliphatic rings. The first kappa shape index (κ1) is 20.5. The Hall–Kier alpha value is -3.25. The van der Waals surface area contributed by atoms with Crippen LogP contribution in [0.5, 0.6) is 0 Å². The maximum Gasteiger partial charge on any atom is 0.268 e. The van der Waals surface area contributed by atoms with Gasteiger partial charge in [0.05, 0.1) is 0 Å². The van der Waals surface area contributed by atoms with Gasteiger partial charge in [-0.1, -0.05) is 30.3 Å². The van der Waals surface area contributed by atoms with Crippen molar-refractivity contribution >= 4 is 29.2 Å². The van der Waals surface area contributed by atoms with Gasteiger partial charge >= 0.3 is 0 Å². The monoisotopic (exact) mass is 408 g/mol. The molecule has 0 saturated carbocycles. The molecular formula is C23H21FN2O2S. The molecule has 6 heteroatoms. The van der Waals surface area contributed by atoms with Crippen LogP contribution in [0.1, 0.15) is 31.9 Å². The minimum atomic E-state index is -0.487. The van der Waals surface area contributed by atoms with Crippen LogP contribution < -0.4 is 10.6 Å². The number of carbonyl (C=O) groups is 2. The second-order valence-corrected chi connectivity index (χ2v) is 7.58. The van der Waals surface area contributed by atoms with Crippen LogP contribution >= 0.6 is 11.3 Å². The van der Waals surface area contributed by atoms with Gasteiger partial charge in [-0.2, -0.15) is 0 Å². The molecule has 29 heavy (non-hydrogen) atoms. The predicted molar refractivity (Wildman–Crippen MR) is 114 cm³/mol. The summed E-state index contributed by atoms with van der Waals surface area (Å²) in [5.41, 5.74) is 3.01. The normalized spacial score (nSPS) is 11.2. The lowest BCUT2D eigenvalue weighted by Gasteiger charge is -2.12. The topological polar surface area (TPSA) is 58.2 Å². The lowest BCUT2D eigenvalue weighted by Crippen LogP contribution is -2.34. The summed E-state index contributed by atoms with van der Waals surface area (Å²) >= 11 is 1.45. The highest BCUT2D eigenvalue weighted by Crippen LogP contribution is 2.15. The van der Waals surface area contributed by atoms with Crippen molar-refractivity contribution in [2.45, 2.75) is 20.4 Å². The second-order valence-electron chi connectivity index (χ2n) is 6.60. The van der Waals surface area contributed by atoms with Crippen LogP contribution in [0.25, 0.3) is 6.08 Å². The standard InChI is InChI=1S/C23H21FN2O2S/c1-15-9-10-17(12-16(15)2)22(27)26-21(13-19-7-5-11-29-19)23(28)25-14-18-6-3-4-8-20(18)24/h3-13H,14H2,1-2H3,(H,25,28)(H,26,27)/b21-13-. The van der Waals surface area contributed by atoms with Gasteiger partial charge in [-0.3, -0.25) is 9.59 Å². The van der Waals surface area contributed by atoms with Gasteiger partial charge in [0.2, 0.25) is 0 Å². The molecule has 0 radical (unpaired) electrons. The molecule has 148 valence electrons. The van der Waals surface area contributed by atoms with Gasteiger partial charge in [-0.05, 0) is 60.7 Å². The molecule has 2 N–H and O–H groups in total. The van der Waals surface area contributed by atoms with E-state index in [1.54, 1.807) is 36.4 Å². The molecule has 4 nitrogen and oxygen atoms in total. The van der Waals surface area contributed by atoms with E-state index in [0.29, 0.717) is 11.1 Å². The number of hydrogen-bond acceptors (Lipinski definition) is 3. The Labute approximate surface area is 173 Å². The van der Waals surface area contributed by atoms with E-state index in [1.165, 1.54) is 17.4 Å². The van der Waals surface area contributed by atoms with Gasteiger partial charge in [0.25, 0.3) is 11.8 Å². The van der Waals surface area contributed by atoms with Gasteiger partial charge in [-0.25, -0.2) is 4.39 Å². The summed E-state index contributed by atoms with van der Waals surface area (Å²) < 4.78 is 13.8. The summed E-state index contributed by atoms with van der Waals surface area (Å²) in [6, 6.07) is 15.3. The Morgan fingerprint density at radius 1 is 1.03 bits per heavy atom. The largest absolute Gasteiger partial charge is 0.347 e. The van der Waals surface area contributed by atoms with Crippen LogP contribution in [-0.2, 0) is 11.3 Å². The van der Waals surface area contributed by atoms with Crippen molar-refractivity contribution in [2.75, 3.05) is 0 Å². The average Bonchev–Trinajstić information content (AvgIpc) is 3.21. The zero-order valence-electron chi connectivity index (χ0n) is 16.2. The molecule has 0 fully saturated rings. The molecule has 0 atom stereocenters. The number of amides is 2. The third-order valence-electron chi connectivity index (χ3n) is 4.49. The molecule has 0 spiro atoms. The quantitative estimate of drug-likeness (QED) is 0.586. The summed E-state index contributed by atoms with van der Waals surface area (Å²) in [4.78, 5) is 26.2. The van der Waals surface area contributed by atoms with Crippen LogP contribution in [0.2, 0.25) is 0 Å². The van der Waals surface area contributed by atoms with Gasteiger partial charge < -0.3 is 10.6 Å². The first-order chi connectivity index (χ1) is 13.9. The number of rotatable bonds is 6. The zero-order valence-corrected chi connectivity index (χ0v) is 17.0. The minimum absolute atomic E-state index is 0.0206. The van der Waals surface area contributed by atoms with E-state index in [1.807, 2.05) is 37.4 Å². The lowest BCUT2D eigenvalue weighted by molar-refractivity contribution is -0.117. The molecule has 0 unspecified atom stereocenters. The van der Waals surface area contributed by atoms with Gasteiger partial charge in [0.1, 0.15) is 11.5 Å². The fraction of sp³-hybridized carbons (Fsp3) is 0.130. The number of hydrogen-bond donors (Lipinski definition) is 2. The van der Waals surface area contributed by atoms with E-state index in [9.17, 15) is 14.0 Å². The van der Waals surface area contributed by atoms with Crippen molar-refractivity contribution in [3.05, 3.63) is 98.6 Å². The van der Waals surface area contributed by atoms with E-state index < -0.39 is 11.7 Å². The summed E-state index contributed by atoms with van der Waals surface area (Å²) in [7, 11) is 0. The van der Waals surface area contributed by atoms with E-state index in [0.717, 1.165) is 16.0 Å². The third kappa shape index (κ3) is 5.39. The average molecular weight is 408 g/mol. The minimum Gasteiger partial charge on any atom is -0.347 e. The van der Waals surface area contributed by atoms with Gasteiger partial charge in [0, 0.05) is 22.5 Å². The van der Waals surface area contributed by atoms with Crippen LogP contribution in [0, 0.1) is 19.7 Å². The van der Waals surface area contributed by atoms with E-state index in [-0.39, 0.29) is 18.1 Å². The van der Waals surface area contributed by atoms with E-state index >= 15 is 0 Å². The van der Waals surface area contributed by atoms with Crippen molar-refractivity contribution in [1.82, 2.24) is 10.6 Å². The molecule has 1 heterocycles. The lowest BCUT2D eigenvalue weighted by atomic mass is 10.1. The molecule has 3 aromatic rings. The van der Waals surface area contributed by atoms with Crippen molar-refractivity contribution < 1.29 is 14.0 Å². The Morgan fingerprint density at radius 3 is 2.52 bits per heavy atom. The molecule has 0 bridgehead atoms. The zero-order chi connectivity index (χ0) is 20.8. The Morgan fingerprint density at radius 2 is 1.83 bits per heavy atom. The summed E-state index contributed by atoms with van der Waals surface area (Å²) in [5.74, 6) is -1.26. The molecule has 0 saturated heterocycles. The summed E-state index contributed by atoms with van der Waals surface area (Å²) in [6.07, 6.45) is 1.61. The van der Waals surface area contributed by atoms with Crippen LogP contribution in [0.3, 0.4) is 0 Å². The fourth-order valence-corrected chi connectivity index (χ4v) is 3.32. The molecule has 1 aromatic heterocycles. The summed E-state index contributed by atoms with van der Waals surface area (Å²) in [6.45, 7) is 3.91. The van der Waals surface area contributed by atoms with Crippen molar-refractivity contribution in [3.8, 4) is 0 Å². The van der Waals surface area contributed by atoms with E-state index in [4.69, 9.17) is 0 Å². The van der Waals surface area contributed by atoms with Gasteiger partial charge in [-0.15, -0.1) is 11.3 Å². The van der Waals surface area contributed by atoms with Gasteiger partial charge in [0.15, 0.2) is 0 Å². The van der Waals surface area contributed by atoms with E-state index in [2.05, 4.69) is 10.6 Å². The fourth-order valence-electron chi connectivity index (χ4n) is 2.66. The smallest absolute Gasteiger partial charge is 0.268 e. The van der Waals surface area contributed by atoms with Crippen LogP contribution in [-0.4, -0.2) is 11.8 Å². The van der Waals surface area contributed by atoms with Crippen molar-refractivity contribution in [2.24, 2.45) is 0 Å². The number of benzene rings is 2. The Balaban J connectivity index is 1.79. The molecule has 3 rings (SSSR count). The molecule has 0 aliphatic carbocycles. The highest BCUT2D eigenvalue weighted by atomic mass is 32.1. The number of aryl methyl sites for hydroxylation is 2. The first-order valence-electron chi connectivity index (χ1n) is 9.09.